The van der Waals surface area contributed by atoms with Crippen molar-refractivity contribution < 1.29 is 47.8 Å². The van der Waals surface area contributed by atoms with Crippen LogP contribution in [0.15, 0.2) is 55.0 Å². The number of carbonyl (C=O) groups excluding carboxylic acids is 8. The van der Waals surface area contributed by atoms with Gasteiger partial charge in [-0.2, -0.15) is 0 Å². The molecule has 1 fully saturated rings. The highest BCUT2D eigenvalue weighted by molar-refractivity contribution is 6.06. The van der Waals surface area contributed by atoms with Gasteiger partial charge in [0, 0.05) is 102 Å². The number of benzene rings is 1. The highest BCUT2D eigenvalue weighted by Crippen LogP contribution is 2.24. The van der Waals surface area contributed by atoms with Crippen molar-refractivity contribution in [1.82, 2.24) is 23.9 Å². The molecule has 1 aromatic carbocycles. The first-order valence-corrected chi connectivity index (χ1v) is 22.1. The molecule has 0 spiro atoms. The van der Waals surface area contributed by atoms with E-state index in [2.05, 4.69) is 10.6 Å². The summed E-state index contributed by atoms with van der Waals surface area (Å²) in [7, 11) is 3.55. The Morgan fingerprint density at radius 3 is 2.20 bits per heavy atom. The number of nitrogens with one attached hydrogen (secondary N) is 2. The van der Waals surface area contributed by atoms with Crippen LogP contribution < -0.4 is 10.6 Å². The number of carbonyl (C=O) groups is 8. The molecule has 1 unspecified atom stereocenters. The van der Waals surface area contributed by atoms with Gasteiger partial charge >= 0.3 is 0 Å². The number of imide groups is 1. The van der Waals surface area contributed by atoms with Crippen LogP contribution in [0.4, 0.5) is 5.69 Å². The van der Waals surface area contributed by atoms with Gasteiger partial charge in [-0.05, 0) is 67.1 Å². The molecule has 1 aliphatic heterocycles. The van der Waals surface area contributed by atoms with Crippen LogP contribution in [0.2, 0.25) is 0 Å². The minimum absolute atomic E-state index is 0.00980. The molecular weight excluding hydrogens is 821 g/mol. The second-order valence-electron chi connectivity index (χ2n) is 17.1. The number of hydrogen-bond acceptors (Lipinski definition) is 10. The topological polar surface area (TPSA) is 197 Å². The Labute approximate surface area is 374 Å². The number of fused-ring (bicyclic) bond motifs is 1. The summed E-state index contributed by atoms with van der Waals surface area (Å²) in [6.07, 6.45) is 7.38. The molecular formula is C48H62N6O10. The number of nitrogens with zero attached hydrogens (tertiary/aromatic N) is 4. The fourth-order valence-electron chi connectivity index (χ4n) is 7.75. The molecule has 16 nitrogen and oxygen atoms in total. The third kappa shape index (κ3) is 12.8. The Bertz CT molecular complexity index is 2370. The minimum atomic E-state index is -0.801. The van der Waals surface area contributed by atoms with Crippen molar-refractivity contribution >= 4 is 63.5 Å². The number of aromatic nitrogens is 3. The molecule has 0 bridgehead atoms. The van der Waals surface area contributed by atoms with Gasteiger partial charge in [-0.25, -0.2) is 0 Å². The van der Waals surface area contributed by atoms with Crippen molar-refractivity contribution in [2.75, 3.05) is 38.3 Å². The Hall–Kier alpha value is -6.00. The number of hydrogen-bond donors (Lipinski definition) is 2. The monoisotopic (exact) mass is 882 g/mol. The van der Waals surface area contributed by atoms with E-state index < -0.39 is 12.0 Å². The molecule has 64 heavy (non-hydrogen) atoms. The summed E-state index contributed by atoms with van der Waals surface area (Å²) in [4.78, 5) is 103. The predicted molar refractivity (Wildman–Crippen MR) is 240 cm³/mol. The molecule has 3 aromatic heterocycles. The number of anilines is 1. The molecule has 0 aliphatic carbocycles. The summed E-state index contributed by atoms with van der Waals surface area (Å²) in [5.41, 5.74) is 3.79. The third-order valence-corrected chi connectivity index (χ3v) is 11.7. The lowest BCUT2D eigenvalue weighted by molar-refractivity contribution is -0.139. The van der Waals surface area contributed by atoms with E-state index in [1.54, 1.807) is 66.7 Å². The largest absolute Gasteiger partial charge is 0.379 e. The molecule has 0 saturated carbocycles. The third-order valence-electron chi connectivity index (χ3n) is 11.7. The summed E-state index contributed by atoms with van der Waals surface area (Å²) < 4.78 is 16.0. The minimum Gasteiger partial charge on any atom is -0.379 e. The average molecular weight is 883 g/mol. The van der Waals surface area contributed by atoms with Crippen LogP contribution in [0, 0.1) is 17.8 Å². The van der Waals surface area contributed by atoms with E-state index in [0.717, 1.165) is 17.4 Å². The lowest BCUT2D eigenvalue weighted by Gasteiger charge is -2.22. The maximum Gasteiger partial charge on any atom is 0.279 e. The van der Waals surface area contributed by atoms with Gasteiger partial charge in [0.2, 0.25) is 17.7 Å². The molecule has 0 radical (unpaired) electrons. The summed E-state index contributed by atoms with van der Waals surface area (Å²) in [6, 6.07) is 9.88. The zero-order valence-electron chi connectivity index (χ0n) is 38.1. The maximum atomic E-state index is 13.7. The number of Topliss-reactive ketones (excluding diaryl/α,β-unsaturated/α-hetero) is 3. The van der Waals surface area contributed by atoms with Gasteiger partial charge in [0.15, 0.2) is 5.78 Å². The van der Waals surface area contributed by atoms with E-state index >= 15 is 0 Å². The van der Waals surface area contributed by atoms with Crippen LogP contribution in [0.3, 0.4) is 0 Å². The average Bonchev–Trinajstić information content (AvgIpc) is 4.01. The van der Waals surface area contributed by atoms with Crippen LogP contribution in [0.1, 0.15) is 105 Å². The summed E-state index contributed by atoms with van der Waals surface area (Å²) >= 11 is 0. The van der Waals surface area contributed by atoms with Gasteiger partial charge in [-0.3, -0.25) is 47.8 Å². The Morgan fingerprint density at radius 1 is 0.812 bits per heavy atom. The molecule has 16 heteroatoms. The first-order chi connectivity index (χ1) is 30.5. The van der Waals surface area contributed by atoms with E-state index in [1.807, 2.05) is 46.1 Å². The van der Waals surface area contributed by atoms with Crippen molar-refractivity contribution in [2.45, 2.75) is 92.0 Å². The SMILES string of the molecule is CCc1cc(C(=O)Nc2cc(C(=O)n3ccc4cc(CC(=O)[C@H](C)NC(=O)[C@@H](CC(=O)CCOCCOCCCC(=O)CCN5C(=O)CC(C)C5=O)C(C)C)ccc43)n(C)c2)n(C)c1. The van der Waals surface area contributed by atoms with Crippen molar-refractivity contribution in [3.63, 3.8) is 0 Å². The lowest BCUT2D eigenvalue weighted by Crippen LogP contribution is -2.44. The Kier molecular flexibility index (Phi) is 17.3. The standard InChI is InChI=1S/C48H62N6O10/c1-8-33-24-41(51(6)28-33)46(60)50-36-26-42(52(7)29-36)48(62)53-16-13-35-23-34(11-12-40(35)53)25-43(57)32(5)49-45(59)39(30(2)3)27-38(56)15-19-64-21-20-63-18-9-10-37(55)14-17-54-44(58)22-31(4)47(54)61/h11-13,16,23-24,26,28-32,39H,8-10,14-15,17-22,25,27H2,1-7H3,(H,49,59)(H,50,60)/t31?,32-,39-/m0/s1. The number of ether oxygens (including phenoxy) is 2. The molecule has 3 atom stereocenters. The molecule has 1 saturated heterocycles. The van der Waals surface area contributed by atoms with Crippen molar-refractivity contribution in [3.05, 3.63) is 77.5 Å². The van der Waals surface area contributed by atoms with Crippen LogP contribution in [-0.4, -0.2) is 105 Å². The second-order valence-corrected chi connectivity index (χ2v) is 17.1. The molecule has 4 heterocycles. The van der Waals surface area contributed by atoms with Gasteiger partial charge in [-0.1, -0.05) is 33.8 Å². The van der Waals surface area contributed by atoms with Crippen molar-refractivity contribution in [1.29, 1.82) is 0 Å². The Balaban J connectivity index is 1.01. The molecule has 5 rings (SSSR count). The van der Waals surface area contributed by atoms with E-state index in [1.165, 1.54) is 9.47 Å². The first-order valence-electron chi connectivity index (χ1n) is 22.1. The van der Waals surface area contributed by atoms with E-state index in [9.17, 15) is 38.4 Å². The van der Waals surface area contributed by atoms with Gasteiger partial charge in [0.1, 0.15) is 23.0 Å². The van der Waals surface area contributed by atoms with Gasteiger partial charge < -0.3 is 29.2 Å². The quantitative estimate of drug-likeness (QED) is 0.0657. The number of rotatable bonds is 25. The van der Waals surface area contributed by atoms with Crippen LogP contribution in [0.5, 0.6) is 0 Å². The van der Waals surface area contributed by atoms with Gasteiger partial charge in [0.05, 0.1) is 37.1 Å². The zero-order valence-corrected chi connectivity index (χ0v) is 38.1. The molecule has 1 aliphatic rings. The maximum absolute atomic E-state index is 13.7. The number of likely N-dealkylation sites (tertiary alicyclic amines) is 1. The summed E-state index contributed by atoms with van der Waals surface area (Å²) in [6.45, 7) is 10.3. The Morgan fingerprint density at radius 2 is 1.53 bits per heavy atom. The fraction of sp³-hybridized carbons (Fsp3) is 0.500. The normalized spacial score (nSPS) is 14.9. The van der Waals surface area contributed by atoms with E-state index in [-0.39, 0.29) is 124 Å². The molecule has 344 valence electrons. The van der Waals surface area contributed by atoms with Crippen LogP contribution >= 0.6 is 0 Å². The van der Waals surface area contributed by atoms with Gasteiger partial charge in [-0.15, -0.1) is 0 Å². The van der Waals surface area contributed by atoms with Crippen molar-refractivity contribution in [3.8, 4) is 0 Å². The van der Waals surface area contributed by atoms with E-state index in [4.69, 9.17) is 9.47 Å². The van der Waals surface area contributed by atoms with Gasteiger partial charge in [0.25, 0.3) is 11.8 Å². The summed E-state index contributed by atoms with van der Waals surface area (Å²) in [5.74, 6) is -2.87. The predicted octanol–water partition coefficient (Wildman–Crippen LogP) is 5.23. The van der Waals surface area contributed by atoms with Crippen LogP contribution in [0.25, 0.3) is 10.9 Å². The van der Waals surface area contributed by atoms with Crippen LogP contribution in [-0.2, 0) is 65.2 Å². The van der Waals surface area contributed by atoms with E-state index in [0.29, 0.717) is 41.2 Å². The molecule has 2 N–H and O–H groups in total. The van der Waals surface area contributed by atoms with Crippen molar-refractivity contribution in [2.24, 2.45) is 31.8 Å². The summed E-state index contributed by atoms with van der Waals surface area (Å²) in [5, 5.41) is 6.46. The molecule has 4 aromatic rings. The number of aryl methyl sites for hydroxylation is 3. The lowest BCUT2D eigenvalue weighted by atomic mass is 9.88. The second kappa shape index (κ2) is 22.6. The highest BCUT2D eigenvalue weighted by atomic mass is 16.5. The molecule has 4 amide bonds. The number of amides is 4. The number of ketones is 3. The smallest absolute Gasteiger partial charge is 0.279 e. The fourth-order valence-corrected chi connectivity index (χ4v) is 7.75. The highest BCUT2D eigenvalue weighted by Gasteiger charge is 2.35. The first kappa shape index (κ1) is 49.0. The zero-order chi connectivity index (χ0) is 46.7.